The molecule has 0 spiro atoms. The Bertz CT molecular complexity index is 742. The lowest BCUT2D eigenvalue weighted by atomic mass is 10.1. The first-order valence-corrected chi connectivity index (χ1v) is 9.34. The highest BCUT2D eigenvalue weighted by molar-refractivity contribution is 7.92. The Morgan fingerprint density at radius 2 is 2.05 bits per heavy atom. The molecule has 22 heavy (non-hydrogen) atoms. The number of nitrogens with zero attached hydrogens (tertiary/aromatic N) is 5. The van der Waals surface area contributed by atoms with Crippen molar-refractivity contribution >= 4 is 33.1 Å². The van der Waals surface area contributed by atoms with E-state index in [0.717, 1.165) is 25.2 Å². The third-order valence-corrected chi connectivity index (χ3v) is 3.79. The van der Waals surface area contributed by atoms with E-state index in [0.29, 0.717) is 16.9 Å². The first-order chi connectivity index (χ1) is 10.3. The van der Waals surface area contributed by atoms with Crippen LogP contribution < -0.4 is 4.90 Å². The molecule has 0 N–H and O–H groups in total. The van der Waals surface area contributed by atoms with Crippen LogP contribution >= 0.6 is 0 Å². The van der Waals surface area contributed by atoms with Gasteiger partial charge in [-0.1, -0.05) is 0 Å². The van der Waals surface area contributed by atoms with Gasteiger partial charge in [-0.3, -0.25) is 0 Å². The number of rotatable bonds is 4. The Hall–Kier alpha value is -2.07. The van der Waals surface area contributed by atoms with Crippen LogP contribution in [-0.4, -0.2) is 55.1 Å². The van der Waals surface area contributed by atoms with Crippen molar-refractivity contribution in [2.45, 2.75) is 6.42 Å². The van der Waals surface area contributed by atoms with Crippen molar-refractivity contribution in [1.29, 1.82) is 5.26 Å². The van der Waals surface area contributed by atoms with Crippen LogP contribution in [0, 0.1) is 11.3 Å². The minimum absolute atomic E-state index is 0.537. The first kappa shape index (κ1) is 16.3. The highest BCUT2D eigenvalue weighted by Gasteiger charge is 2.21. The summed E-state index contributed by atoms with van der Waals surface area (Å²) in [6.07, 6.45) is 5.95. The number of benzene rings is 1. The highest BCUT2D eigenvalue weighted by Crippen LogP contribution is 2.36. The van der Waals surface area contributed by atoms with E-state index >= 15 is 0 Å². The quantitative estimate of drug-likeness (QED) is 0.631. The summed E-state index contributed by atoms with van der Waals surface area (Å²) >= 11 is 0. The lowest BCUT2D eigenvalue weighted by Crippen LogP contribution is -2.37. The number of hydrogen-bond donors (Lipinski definition) is 0. The zero-order valence-corrected chi connectivity index (χ0v) is 14.2. The summed E-state index contributed by atoms with van der Waals surface area (Å²) in [4.78, 5) is 8.29. The lowest BCUT2D eigenvalue weighted by molar-refractivity contribution is 0.617. The summed E-state index contributed by atoms with van der Waals surface area (Å²) < 4.78 is 16.2. The molecule has 0 atom stereocenters. The Morgan fingerprint density at radius 1 is 1.36 bits per heavy atom. The molecule has 6 nitrogen and oxygen atoms in total. The van der Waals surface area contributed by atoms with Gasteiger partial charge in [0, 0.05) is 49.4 Å². The molecule has 0 unspecified atom stereocenters. The van der Waals surface area contributed by atoms with Crippen molar-refractivity contribution in [2.24, 2.45) is 9.36 Å². The second kappa shape index (κ2) is 6.36. The van der Waals surface area contributed by atoms with Crippen LogP contribution in [-0.2, 0) is 9.73 Å². The summed E-state index contributed by atoms with van der Waals surface area (Å²) in [6.45, 7) is 1.84. The molecule has 1 saturated heterocycles. The average molecular weight is 319 g/mol. The Labute approximate surface area is 132 Å². The fourth-order valence-corrected chi connectivity index (χ4v) is 2.72. The molecule has 0 bridgehead atoms. The maximum atomic E-state index is 12.0. The molecular formula is C15H21N5OS. The normalized spacial score (nSPS) is 14.6. The van der Waals surface area contributed by atoms with Gasteiger partial charge in [0.25, 0.3) is 0 Å². The van der Waals surface area contributed by atoms with Gasteiger partial charge >= 0.3 is 0 Å². The number of hydrogen-bond acceptors (Lipinski definition) is 5. The molecule has 1 aliphatic rings. The van der Waals surface area contributed by atoms with E-state index in [2.05, 4.69) is 20.3 Å². The van der Waals surface area contributed by atoms with Crippen molar-refractivity contribution in [1.82, 2.24) is 4.90 Å². The van der Waals surface area contributed by atoms with Crippen LogP contribution in [0.4, 0.5) is 17.1 Å². The first-order valence-electron chi connectivity index (χ1n) is 7.01. The van der Waals surface area contributed by atoms with E-state index in [1.807, 2.05) is 20.2 Å². The summed E-state index contributed by atoms with van der Waals surface area (Å²) in [6, 6.07) is 5.79. The number of nitriles is 1. The fraction of sp³-hybridized carbons (Fsp3) is 0.467. The SMILES string of the molecule is CN(C)/C=N\c1cc(N=S(C)(C)=O)cc(N2CCC2)c1C#N. The standard InChI is InChI=1S/C15H21N5OS/c1-19(2)11-17-14-8-12(18-22(3,4)21)9-15(13(14)10-16)20-6-5-7-20/h8-9,11H,5-7H2,1-4H3/b17-11-. The van der Waals surface area contributed by atoms with Gasteiger partial charge in [0.15, 0.2) is 0 Å². The second-order valence-corrected chi connectivity index (χ2v) is 8.34. The van der Waals surface area contributed by atoms with E-state index in [1.165, 1.54) is 0 Å². The predicted molar refractivity (Wildman–Crippen MR) is 91.9 cm³/mol. The van der Waals surface area contributed by atoms with Crippen molar-refractivity contribution in [2.75, 3.05) is 44.6 Å². The van der Waals surface area contributed by atoms with Crippen LogP contribution in [0.5, 0.6) is 0 Å². The van der Waals surface area contributed by atoms with Crippen LogP contribution in [0.2, 0.25) is 0 Å². The van der Waals surface area contributed by atoms with Crippen molar-refractivity contribution in [3.8, 4) is 6.07 Å². The van der Waals surface area contributed by atoms with Gasteiger partial charge < -0.3 is 9.80 Å². The molecule has 0 aliphatic carbocycles. The van der Waals surface area contributed by atoms with E-state index < -0.39 is 9.73 Å². The molecule has 0 aromatic heterocycles. The lowest BCUT2D eigenvalue weighted by Gasteiger charge is -2.34. The molecular weight excluding hydrogens is 298 g/mol. The predicted octanol–water partition coefficient (Wildman–Crippen LogP) is 2.35. The van der Waals surface area contributed by atoms with Crippen molar-refractivity contribution in [3.05, 3.63) is 17.7 Å². The van der Waals surface area contributed by atoms with Gasteiger partial charge in [0.1, 0.15) is 11.6 Å². The molecule has 1 aromatic carbocycles. The van der Waals surface area contributed by atoms with Crippen LogP contribution in [0.25, 0.3) is 0 Å². The minimum Gasteiger partial charge on any atom is -0.370 e. The molecule has 1 aromatic rings. The van der Waals surface area contributed by atoms with Crippen molar-refractivity contribution in [3.63, 3.8) is 0 Å². The number of aliphatic imine (C=N–C) groups is 1. The average Bonchev–Trinajstić information content (AvgIpc) is 2.32. The molecule has 0 amide bonds. The number of anilines is 1. The zero-order valence-electron chi connectivity index (χ0n) is 13.4. The van der Waals surface area contributed by atoms with E-state index in [-0.39, 0.29) is 0 Å². The maximum absolute atomic E-state index is 12.0. The highest BCUT2D eigenvalue weighted by atomic mass is 32.2. The molecule has 7 heteroatoms. The molecule has 1 heterocycles. The van der Waals surface area contributed by atoms with Gasteiger partial charge in [-0.15, -0.1) is 0 Å². The van der Waals surface area contributed by atoms with Gasteiger partial charge in [-0.25, -0.2) is 9.20 Å². The Morgan fingerprint density at radius 3 is 2.50 bits per heavy atom. The summed E-state index contributed by atoms with van der Waals surface area (Å²) in [5.41, 5.74) is 2.52. The van der Waals surface area contributed by atoms with E-state index in [9.17, 15) is 9.47 Å². The second-order valence-electron chi connectivity index (χ2n) is 5.79. The minimum atomic E-state index is -2.26. The smallest absolute Gasteiger partial charge is 0.104 e. The summed E-state index contributed by atoms with van der Waals surface area (Å²) in [7, 11) is 1.47. The summed E-state index contributed by atoms with van der Waals surface area (Å²) in [5, 5.41) is 9.51. The molecule has 0 saturated carbocycles. The molecule has 0 radical (unpaired) electrons. The Kier molecular flexibility index (Phi) is 4.71. The molecule has 2 rings (SSSR count). The van der Waals surface area contributed by atoms with Crippen LogP contribution in [0.3, 0.4) is 0 Å². The summed E-state index contributed by atoms with van der Waals surface area (Å²) in [5.74, 6) is 0. The van der Waals surface area contributed by atoms with Crippen LogP contribution in [0.1, 0.15) is 12.0 Å². The molecule has 1 fully saturated rings. The fourth-order valence-electron chi connectivity index (χ4n) is 2.10. The molecule has 118 valence electrons. The zero-order chi connectivity index (χ0) is 16.3. The monoisotopic (exact) mass is 319 g/mol. The Balaban J connectivity index is 2.61. The topological polar surface area (TPSA) is 72.1 Å². The van der Waals surface area contributed by atoms with E-state index in [4.69, 9.17) is 0 Å². The van der Waals surface area contributed by atoms with Gasteiger partial charge in [0.2, 0.25) is 0 Å². The maximum Gasteiger partial charge on any atom is 0.104 e. The largest absolute Gasteiger partial charge is 0.370 e. The van der Waals surface area contributed by atoms with Gasteiger partial charge in [-0.05, 0) is 18.6 Å². The van der Waals surface area contributed by atoms with E-state index in [1.54, 1.807) is 29.8 Å². The van der Waals surface area contributed by atoms with Gasteiger partial charge in [-0.2, -0.15) is 9.62 Å². The van der Waals surface area contributed by atoms with Gasteiger partial charge in [0.05, 0.1) is 23.4 Å². The van der Waals surface area contributed by atoms with Crippen LogP contribution in [0.15, 0.2) is 21.5 Å². The molecule has 1 aliphatic heterocycles. The van der Waals surface area contributed by atoms with Crippen molar-refractivity contribution < 1.29 is 4.21 Å². The third-order valence-electron chi connectivity index (χ3n) is 3.14. The third kappa shape index (κ3) is 3.98.